The van der Waals surface area contributed by atoms with Gasteiger partial charge in [-0.2, -0.15) is 11.3 Å². The number of hydrogen-bond acceptors (Lipinski definition) is 6. The molecule has 2 aromatic heterocycles. The summed E-state index contributed by atoms with van der Waals surface area (Å²) in [6.45, 7) is 4.09. The third-order valence-corrected chi connectivity index (χ3v) is 5.50. The number of aryl methyl sites for hydroxylation is 1. The lowest BCUT2D eigenvalue weighted by molar-refractivity contribution is 0.635. The Labute approximate surface area is 113 Å². The lowest BCUT2D eigenvalue weighted by atomic mass is 10.1. The van der Waals surface area contributed by atoms with Gasteiger partial charge in [-0.3, -0.25) is 0 Å². The van der Waals surface area contributed by atoms with Crippen LogP contribution >= 0.6 is 34.4 Å². The van der Waals surface area contributed by atoms with Crippen molar-refractivity contribution in [2.24, 2.45) is 5.73 Å². The summed E-state index contributed by atoms with van der Waals surface area (Å²) in [5.74, 6) is 0. The Morgan fingerprint density at radius 2 is 2.29 bits per heavy atom. The number of thiophene rings is 1. The fourth-order valence-electron chi connectivity index (χ4n) is 1.49. The maximum Gasteiger partial charge on any atom is 0.174 e. The number of rotatable bonds is 5. The van der Waals surface area contributed by atoms with E-state index in [4.69, 9.17) is 5.73 Å². The highest BCUT2D eigenvalue weighted by atomic mass is 32.2. The lowest BCUT2D eigenvalue weighted by Crippen LogP contribution is -2.25. The summed E-state index contributed by atoms with van der Waals surface area (Å²) in [6.07, 6.45) is 0.964. The van der Waals surface area contributed by atoms with E-state index in [1.54, 1.807) is 34.4 Å². The van der Waals surface area contributed by atoms with Crippen LogP contribution in [0.2, 0.25) is 0 Å². The van der Waals surface area contributed by atoms with Gasteiger partial charge in [0.25, 0.3) is 0 Å². The average Bonchev–Trinajstić information content (AvgIpc) is 2.96. The zero-order valence-electron chi connectivity index (χ0n) is 9.79. The van der Waals surface area contributed by atoms with Crippen molar-refractivity contribution in [3.05, 3.63) is 27.4 Å². The van der Waals surface area contributed by atoms with E-state index in [2.05, 4.69) is 33.9 Å². The highest BCUT2D eigenvalue weighted by Gasteiger charge is 2.21. The van der Waals surface area contributed by atoms with Gasteiger partial charge in [0.15, 0.2) is 4.34 Å². The molecule has 2 unspecified atom stereocenters. The molecule has 0 bridgehead atoms. The van der Waals surface area contributed by atoms with Crippen molar-refractivity contribution in [1.82, 2.24) is 10.2 Å². The van der Waals surface area contributed by atoms with Gasteiger partial charge in [0.2, 0.25) is 0 Å². The van der Waals surface area contributed by atoms with Crippen LogP contribution in [0.1, 0.15) is 29.2 Å². The molecule has 0 aliphatic heterocycles. The molecule has 0 fully saturated rings. The monoisotopic (exact) mass is 285 g/mol. The van der Waals surface area contributed by atoms with E-state index in [0.717, 1.165) is 15.8 Å². The molecule has 2 atom stereocenters. The van der Waals surface area contributed by atoms with Gasteiger partial charge >= 0.3 is 0 Å². The Bertz CT molecular complexity index is 452. The highest BCUT2D eigenvalue weighted by Crippen LogP contribution is 2.39. The first-order chi connectivity index (χ1) is 8.20. The Hall–Kier alpha value is -0.430. The number of hydrogen-bond donors (Lipinski definition) is 1. The van der Waals surface area contributed by atoms with E-state index in [9.17, 15) is 0 Å². The smallest absolute Gasteiger partial charge is 0.174 e. The van der Waals surface area contributed by atoms with E-state index in [-0.39, 0.29) is 11.3 Å². The third kappa shape index (κ3) is 3.28. The van der Waals surface area contributed by atoms with E-state index in [1.807, 2.05) is 6.92 Å². The molecule has 0 aliphatic rings. The van der Waals surface area contributed by atoms with Gasteiger partial charge in [-0.1, -0.05) is 30.0 Å². The normalized spacial score (nSPS) is 14.8. The molecule has 0 amide bonds. The molecule has 0 radical (unpaired) electrons. The molecule has 17 heavy (non-hydrogen) atoms. The predicted molar refractivity (Wildman–Crippen MR) is 75.8 cm³/mol. The molecule has 0 saturated heterocycles. The van der Waals surface area contributed by atoms with Gasteiger partial charge in [0.1, 0.15) is 5.01 Å². The van der Waals surface area contributed by atoms with Crippen LogP contribution in [0.4, 0.5) is 0 Å². The maximum atomic E-state index is 6.20. The minimum absolute atomic E-state index is 0.152. The molecule has 6 heteroatoms. The van der Waals surface area contributed by atoms with Crippen molar-refractivity contribution in [3.8, 4) is 0 Å². The van der Waals surface area contributed by atoms with Crippen LogP contribution in [0, 0.1) is 6.92 Å². The summed E-state index contributed by atoms with van der Waals surface area (Å²) < 4.78 is 1.00. The minimum atomic E-state index is 0.152. The van der Waals surface area contributed by atoms with Crippen LogP contribution in [0.15, 0.2) is 21.2 Å². The third-order valence-electron chi connectivity index (χ3n) is 2.47. The van der Waals surface area contributed by atoms with E-state index in [0.29, 0.717) is 0 Å². The Kier molecular flexibility index (Phi) is 4.55. The molecule has 0 spiro atoms. The summed E-state index contributed by atoms with van der Waals surface area (Å²) >= 11 is 5.07. The summed E-state index contributed by atoms with van der Waals surface area (Å²) in [6, 6.07) is 2.30. The minimum Gasteiger partial charge on any atom is -0.326 e. The molecule has 0 aromatic carbocycles. The van der Waals surface area contributed by atoms with Crippen LogP contribution in [-0.2, 0) is 0 Å². The molecule has 0 aliphatic carbocycles. The SMILES string of the molecule is CCC(N)C(Sc1nnc(C)s1)c1ccsc1. The zero-order valence-corrected chi connectivity index (χ0v) is 12.2. The van der Waals surface area contributed by atoms with Crippen LogP contribution < -0.4 is 5.73 Å². The fraction of sp³-hybridized carbons (Fsp3) is 0.455. The van der Waals surface area contributed by atoms with Crippen LogP contribution in [-0.4, -0.2) is 16.2 Å². The van der Waals surface area contributed by atoms with Gasteiger partial charge in [0.05, 0.1) is 5.25 Å². The Balaban J connectivity index is 2.17. The van der Waals surface area contributed by atoms with E-state index < -0.39 is 0 Å². The standard InChI is InChI=1S/C11H15N3S3/c1-3-9(12)10(8-4-5-15-6-8)17-11-14-13-7(2)16-11/h4-6,9-10H,3,12H2,1-2H3. The first kappa shape index (κ1) is 13.0. The average molecular weight is 285 g/mol. The van der Waals surface area contributed by atoms with Gasteiger partial charge in [-0.15, -0.1) is 10.2 Å². The van der Waals surface area contributed by atoms with Crippen LogP contribution in [0.5, 0.6) is 0 Å². The van der Waals surface area contributed by atoms with Crippen molar-refractivity contribution in [3.63, 3.8) is 0 Å². The van der Waals surface area contributed by atoms with Gasteiger partial charge in [-0.25, -0.2) is 0 Å². The number of nitrogens with zero attached hydrogens (tertiary/aromatic N) is 2. The molecule has 3 nitrogen and oxygen atoms in total. The predicted octanol–water partition coefficient (Wildman–Crippen LogP) is 3.48. The Morgan fingerprint density at radius 1 is 1.47 bits per heavy atom. The quantitative estimate of drug-likeness (QED) is 0.855. The number of thioether (sulfide) groups is 1. The lowest BCUT2D eigenvalue weighted by Gasteiger charge is -2.20. The zero-order chi connectivity index (χ0) is 12.3. The molecule has 2 N–H and O–H groups in total. The van der Waals surface area contributed by atoms with Crippen molar-refractivity contribution >= 4 is 34.4 Å². The van der Waals surface area contributed by atoms with Gasteiger partial charge < -0.3 is 5.73 Å². The topological polar surface area (TPSA) is 51.8 Å². The fourth-order valence-corrected chi connectivity index (χ4v) is 4.51. The van der Waals surface area contributed by atoms with Crippen LogP contribution in [0.3, 0.4) is 0 Å². The summed E-state index contributed by atoms with van der Waals surface area (Å²) in [5, 5.41) is 13.7. The molecular weight excluding hydrogens is 270 g/mol. The second-order valence-electron chi connectivity index (χ2n) is 3.75. The molecule has 2 rings (SSSR count). The number of nitrogens with two attached hydrogens (primary N) is 1. The van der Waals surface area contributed by atoms with Crippen LogP contribution in [0.25, 0.3) is 0 Å². The highest BCUT2D eigenvalue weighted by molar-refractivity contribution is 8.01. The van der Waals surface area contributed by atoms with Crippen molar-refractivity contribution < 1.29 is 0 Å². The molecule has 92 valence electrons. The summed E-state index contributed by atoms with van der Waals surface area (Å²) in [7, 11) is 0. The van der Waals surface area contributed by atoms with E-state index in [1.165, 1.54) is 5.56 Å². The first-order valence-electron chi connectivity index (χ1n) is 5.45. The second kappa shape index (κ2) is 5.95. The number of aromatic nitrogens is 2. The molecular formula is C11H15N3S3. The first-order valence-corrected chi connectivity index (χ1v) is 8.09. The van der Waals surface area contributed by atoms with E-state index >= 15 is 0 Å². The second-order valence-corrected chi connectivity index (χ2v) is 7.10. The van der Waals surface area contributed by atoms with Gasteiger partial charge in [0, 0.05) is 6.04 Å². The van der Waals surface area contributed by atoms with Crippen molar-refractivity contribution in [2.75, 3.05) is 0 Å². The summed E-state index contributed by atoms with van der Waals surface area (Å²) in [5.41, 5.74) is 7.50. The largest absolute Gasteiger partial charge is 0.326 e. The van der Waals surface area contributed by atoms with Crippen molar-refractivity contribution in [1.29, 1.82) is 0 Å². The molecule has 0 saturated carbocycles. The summed E-state index contributed by atoms with van der Waals surface area (Å²) in [4.78, 5) is 0. The maximum absolute atomic E-state index is 6.20. The van der Waals surface area contributed by atoms with Crippen molar-refractivity contribution in [2.45, 2.75) is 35.9 Å². The van der Waals surface area contributed by atoms with Gasteiger partial charge in [-0.05, 0) is 35.7 Å². The Morgan fingerprint density at radius 3 is 2.82 bits per heavy atom. The molecule has 2 aromatic rings. The molecule has 2 heterocycles.